The second-order valence-corrected chi connectivity index (χ2v) is 8.48. The number of piperidine rings is 1. The quantitative estimate of drug-likeness (QED) is 0.762. The molecule has 4 rings (SSSR count). The zero-order valence-electron chi connectivity index (χ0n) is 17.0. The third-order valence-corrected chi connectivity index (χ3v) is 6.42. The predicted molar refractivity (Wildman–Crippen MR) is 115 cm³/mol. The lowest BCUT2D eigenvalue weighted by molar-refractivity contribution is -0.0633. The first-order chi connectivity index (χ1) is 14.5. The average Bonchev–Trinajstić information content (AvgIpc) is 2.77. The van der Waals surface area contributed by atoms with Gasteiger partial charge in [-0.15, -0.1) is 0 Å². The zero-order valence-corrected chi connectivity index (χ0v) is 17.8. The monoisotopic (exact) mass is 430 g/mol. The number of amides is 1. The number of carbonyl (C=O) groups is 1. The SMILES string of the molecule is Cc1ccc2c(c1O)C[C@@H](C1CCN(C(=O)Oc3ccc(Cl)cc3)CC1)O[C@H]2CN. The molecule has 0 saturated carbocycles. The van der Waals surface area contributed by atoms with E-state index in [4.69, 9.17) is 26.8 Å². The molecule has 0 spiro atoms. The van der Waals surface area contributed by atoms with Gasteiger partial charge < -0.3 is 25.2 Å². The minimum atomic E-state index is -0.348. The lowest BCUT2D eigenvalue weighted by Gasteiger charge is -2.40. The van der Waals surface area contributed by atoms with Crippen LogP contribution in [0.15, 0.2) is 36.4 Å². The lowest BCUT2D eigenvalue weighted by Crippen LogP contribution is -2.45. The van der Waals surface area contributed by atoms with Crippen molar-refractivity contribution in [1.82, 2.24) is 4.90 Å². The van der Waals surface area contributed by atoms with Crippen LogP contribution in [0.25, 0.3) is 0 Å². The van der Waals surface area contributed by atoms with E-state index in [9.17, 15) is 9.90 Å². The fraction of sp³-hybridized carbons (Fsp3) is 0.435. The van der Waals surface area contributed by atoms with Crippen LogP contribution in [0.1, 0.15) is 35.6 Å². The fourth-order valence-electron chi connectivity index (χ4n) is 4.40. The number of hydrogen-bond donors (Lipinski definition) is 2. The van der Waals surface area contributed by atoms with Crippen LogP contribution in [0, 0.1) is 12.8 Å². The molecule has 160 valence electrons. The third-order valence-electron chi connectivity index (χ3n) is 6.17. The fourth-order valence-corrected chi connectivity index (χ4v) is 4.53. The Morgan fingerprint density at radius 3 is 2.60 bits per heavy atom. The van der Waals surface area contributed by atoms with E-state index in [2.05, 4.69) is 0 Å². The van der Waals surface area contributed by atoms with Crippen molar-refractivity contribution in [3.8, 4) is 11.5 Å². The molecule has 2 aliphatic rings. The zero-order chi connectivity index (χ0) is 21.3. The Labute approximate surface area is 181 Å². The maximum Gasteiger partial charge on any atom is 0.415 e. The van der Waals surface area contributed by atoms with Crippen molar-refractivity contribution in [1.29, 1.82) is 0 Å². The summed E-state index contributed by atoms with van der Waals surface area (Å²) in [5.74, 6) is 1.13. The highest BCUT2D eigenvalue weighted by Gasteiger charge is 2.36. The summed E-state index contributed by atoms with van der Waals surface area (Å²) in [4.78, 5) is 14.2. The molecule has 0 unspecified atom stereocenters. The van der Waals surface area contributed by atoms with E-state index >= 15 is 0 Å². The molecular formula is C23H27ClN2O4. The number of aryl methyl sites for hydroxylation is 1. The van der Waals surface area contributed by atoms with Gasteiger partial charge in [0, 0.05) is 36.6 Å². The van der Waals surface area contributed by atoms with Crippen LogP contribution in [-0.2, 0) is 11.2 Å². The summed E-state index contributed by atoms with van der Waals surface area (Å²) in [5.41, 5.74) is 8.76. The largest absolute Gasteiger partial charge is 0.507 e. The lowest BCUT2D eigenvalue weighted by atomic mass is 9.83. The maximum atomic E-state index is 12.5. The number of aromatic hydroxyl groups is 1. The Morgan fingerprint density at radius 2 is 1.93 bits per heavy atom. The molecule has 0 aliphatic carbocycles. The van der Waals surface area contributed by atoms with Crippen LogP contribution >= 0.6 is 11.6 Å². The van der Waals surface area contributed by atoms with E-state index in [0.717, 1.165) is 29.5 Å². The van der Waals surface area contributed by atoms with Crippen molar-refractivity contribution in [3.05, 3.63) is 58.1 Å². The van der Waals surface area contributed by atoms with E-state index in [1.54, 1.807) is 29.2 Å². The molecule has 2 atom stereocenters. The van der Waals surface area contributed by atoms with Gasteiger partial charge in [0.1, 0.15) is 11.5 Å². The summed E-state index contributed by atoms with van der Waals surface area (Å²) < 4.78 is 11.8. The predicted octanol–water partition coefficient (Wildman–Crippen LogP) is 4.21. The molecule has 2 aromatic carbocycles. The molecule has 2 aromatic rings. The van der Waals surface area contributed by atoms with Gasteiger partial charge >= 0.3 is 6.09 Å². The normalized spacial score (nSPS) is 21.9. The number of hydrogen-bond acceptors (Lipinski definition) is 5. The first kappa shape index (κ1) is 21.0. The van der Waals surface area contributed by atoms with E-state index in [0.29, 0.717) is 48.5 Å². The molecule has 1 saturated heterocycles. The van der Waals surface area contributed by atoms with Crippen molar-refractivity contribution in [3.63, 3.8) is 0 Å². The van der Waals surface area contributed by atoms with Crippen molar-refractivity contribution in [2.75, 3.05) is 19.6 Å². The summed E-state index contributed by atoms with van der Waals surface area (Å²) in [5, 5.41) is 11.2. The van der Waals surface area contributed by atoms with Crippen LogP contribution in [-0.4, -0.2) is 41.8 Å². The number of phenolic OH excluding ortho intramolecular Hbond substituents is 1. The Hall–Kier alpha value is -2.28. The van der Waals surface area contributed by atoms with E-state index in [1.807, 2.05) is 19.1 Å². The molecular weight excluding hydrogens is 404 g/mol. The smallest absolute Gasteiger partial charge is 0.415 e. The highest BCUT2D eigenvalue weighted by atomic mass is 35.5. The Morgan fingerprint density at radius 1 is 1.23 bits per heavy atom. The standard InChI is InChI=1S/C23H27ClN2O4/c1-14-2-7-18-19(22(14)27)12-20(30-21(18)13-25)15-8-10-26(11-9-15)23(28)29-17-5-3-16(24)4-6-17/h2-7,15,20-21,27H,8-13,25H2,1H3/t20-,21-/m0/s1. The van der Waals surface area contributed by atoms with Crippen molar-refractivity contribution in [2.24, 2.45) is 11.7 Å². The van der Waals surface area contributed by atoms with Gasteiger partial charge in [0.2, 0.25) is 0 Å². The van der Waals surface area contributed by atoms with Crippen LogP contribution < -0.4 is 10.5 Å². The molecule has 0 aromatic heterocycles. The molecule has 1 fully saturated rings. The molecule has 0 bridgehead atoms. The molecule has 7 heteroatoms. The Kier molecular flexibility index (Phi) is 6.18. The number of ether oxygens (including phenoxy) is 2. The number of halogens is 1. The number of benzene rings is 2. The van der Waals surface area contributed by atoms with Crippen LogP contribution in [0.3, 0.4) is 0 Å². The van der Waals surface area contributed by atoms with Gasteiger partial charge in [0.25, 0.3) is 0 Å². The van der Waals surface area contributed by atoms with Gasteiger partial charge in [-0.25, -0.2) is 4.79 Å². The second-order valence-electron chi connectivity index (χ2n) is 8.05. The van der Waals surface area contributed by atoms with E-state index < -0.39 is 0 Å². The number of nitrogens with two attached hydrogens (primary N) is 1. The molecule has 1 amide bonds. The Balaban J connectivity index is 1.38. The number of phenols is 1. The molecule has 3 N–H and O–H groups in total. The number of carbonyl (C=O) groups excluding carboxylic acids is 1. The Bertz CT molecular complexity index is 910. The van der Waals surface area contributed by atoms with Gasteiger partial charge in [0.05, 0.1) is 12.2 Å². The van der Waals surface area contributed by atoms with Crippen molar-refractivity contribution < 1.29 is 19.4 Å². The highest BCUT2D eigenvalue weighted by Crippen LogP contribution is 2.40. The van der Waals surface area contributed by atoms with Gasteiger partial charge in [-0.2, -0.15) is 0 Å². The summed E-state index contributed by atoms with van der Waals surface area (Å²) >= 11 is 5.87. The number of likely N-dealkylation sites (tertiary alicyclic amines) is 1. The topological polar surface area (TPSA) is 85.0 Å². The van der Waals surface area contributed by atoms with Crippen molar-refractivity contribution >= 4 is 17.7 Å². The minimum Gasteiger partial charge on any atom is -0.507 e. The summed E-state index contributed by atoms with van der Waals surface area (Å²) in [6.45, 7) is 3.49. The molecule has 2 aliphatic heterocycles. The molecule has 30 heavy (non-hydrogen) atoms. The number of rotatable bonds is 3. The van der Waals surface area contributed by atoms with Crippen molar-refractivity contribution in [2.45, 2.75) is 38.4 Å². The first-order valence-corrected chi connectivity index (χ1v) is 10.7. The van der Waals surface area contributed by atoms with Crippen LogP contribution in [0.4, 0.5) is 4.79 Å². The molecule has 2 heterocycles. The highest BCUT2D eigenvalue weighted by molar-refractivity contribution is 6.30. The van der Waals surface area contributed by atoms with Crippen LogP contribution in [0.2, 0.25) is 5.02 Å². The third kappa shape index (κ3) is 4.26. The first-order valence-electron chi connectivity index (χ1n) is 10.4. The van der Waals surface area contributed by atoms with Gasteiger partial charge in [-0.05, 0) is 61.1 Å². The maximum absolute atomic E-state index is 12.5. The molecule has 6 nitrogen and oxygen atoms in total. The average molecular weight is 431 g/mol. The van der Waals surface area contributed by atoms with Gasteiger partial charge in [0.15, 0.2) is 0 Å². The molecule has 0 radical (unpaired) electrons. The number of fused-ring (bicyclic) bond motifs is 1. The number of nitrogens with zero attached hydrogens (tertiary/aromatic N) is 1. The van der Waals surface area contributed by atoms with Gasteiger partial charge in [-0.3, -0.25) is 0 Å². The summed E-state index contributed by atoms with van der Waals surface area (Å²) in [7, 11) is 0. The summed E-state index contributed by atoms with van der Waals surface area (Å²) in [6.07, 6.45) is 1.73. The van der Waals surface area contributed by atoms with Crippen LogP contribution in [0.5, 0.6) is 11.5 Å². The van der Waals surface area contributed by atoms with E-state index in [-0.39, 0.29) is 18.3 Å². The minimum absolute atomic E-state index is 0.0202. The van der Waals surface area contributed by atoms with E-state index in [1.165, 1.54) is 0 Å². The second kappa shape index (κ2) is 8.84. The van der Waals surface area contributed by atoms with Gasteiger partial charge in [-0.1, -0.05) is 23.7 Å². The summed E-state index contributed by atoms with van der Waals surface area (Å²) in [6, 6.07) is 10.7.